The van der Waals surface area contributed by atoms with Crippen molar-refractivity contribution in [3.05, 3.63) is 194 Å². The van der Waals surface area contributed by atoms with E-state index in [1.54, 1.807) is 6.20 Å². The summed E-state index contributed by atoms with van der Waals surface area (Å²) >= 11 is 0. The monoisotopic (exact) mass is 614 g/mol. The largest absolute Gasteiger partial charge is 0.398 e. The second-order valence-corrected chi connectivity index (χ2v) is 12.2. The first-order chi connectivity index (χ1) is 23.7. The maximum Gasteiger partial charge on any atom is 0.0424 e. The average molecular weight is 615 g/mol. The molecule has 0 aliphatic heterocycles. The molecule has 0 aliphatic carbocycles. The molecule has 0 aliphatic rings. The first-order valence-corrected chi connectivity index (χ1v) is 16.3. The molecule has 1 heterocycles. The van der Waals surface area contributed by atoms with E-state index < -0.39 is 0 Å². The number of nitrogen functional groups attached to an aromatic ring is 1. The van der Waals surface area contributed by atoms with Crippen LogP contribution in [0.1, 0.15) is 17.0 Å². The number of aromatic nitrogens is 1. The van der Waals surface area contributed by atoms with Gasteiger partial charge in [-0.25, -0.2) is 0 Å². The van der Waals surface area contributed by atoms with Gasteiger partial charge < -0.3 is 5.73 Å². The van der Waals surface area contributed by atoms with Crippen molar-refractivity contribution >= 4 is 38.0 Å². The Morgan fingerprint density at radius 3 is 1.81 bits per heavy atom. The number of hydrogen-bond donors (Lipinski definition) is 1. The number of anilines is 1. The molecule has 2 N–H and O–H groups in total. The highest BCUT2D eigenvalue weighted by atomic mass is 14.7. The summed E-state index contributed by atoms with van der Waals surface area (Å²) in [6.07, 6.45) is 9.64. The Morgan fingerprint density at radius 1 is 0.562 bits per heavy atom. The van der Waals surface area contributed by atoms with Crippen LogP contribution in [0.4, 0.5) is 5.69 Å². The number of rotatable bonds is 7. The molecule has 48 heavy (non-hydrogen) atoms. The van der Waals surface area contributed by atoms with Crippen LogP contribution in [0.25, 0.3) is 65.7 Å². The summed E-state index contributed by atoms with van der Waals surface area (Å²) in [7, 11) is 0. The van der Waals surface area contributed by atoms with Crippen LogP contribution in [0.15, 0.2) is 183 Å². The van der Waals surface area contributed by atoms with Gasteiger partial charge in [-0.05, 0) is 83.4 Å². The standard InChI is InChI=1S/C46H34N2/c1-2-3-14-36(37-15-6-7-16-38(37)43-30-48-28-27-44(43)47)32-22-24-33(25-23-32)45-39-17-8-10-19-41(39)46(42-20-11-9-18-40(42)45)35-26-21-31-12-4-5-13-34(31)29-35/h2-30,36H,1H2,(H2,47,48)/b14-3-. The van der Waals surface area contributed by atoms with Gasteiger partial charge in [0.25, 0.3) is 0 Å². The van der Waals surface area contributed by atoms with Crippen LogP contribution in [0.5, 0.6) is 0 Å². The van der Waals surface area contributed by atoms with Crippen molar-refractivity contribution in [1.29, 1.82) is 0 Å². The molecule has 8 rings (SSSR count). The number of nitrogens with zero attached hydrogens (tertiary/aromatic N) is 1. The molecule has 0 radical (unpaired) electrons. The van der Waals surface area contributed by atoms with Gasteiger partial charge in [-0.15, -0.1) is 0 Å². The summed E-state index contributed by atoms with van der Waals surface area (Å²) in [6, 6.07) is 52.4. The van der Waals surface area contributed by atoms with Gasteiger partial charge in [0, 0.05) is 29.6 Å². The molecule has 2 nitrogen and oxygen atoms in total. The molecule has 0 saturated heterocycles. The van der Waals surface area contributed by atoms with Crippen LogP contribution in [-0.4, -0.2) is 4.98 Å². The molecule has 0 amide bonds. The van der Waals surface area contributed by atoms with Crippen molar-refractivity contribution in [2.24, 2.45) is 0 Å². The molecule has 8 aromatic rings. The fourth-order valence-corrected chi connectivity index (χ4v) is 7.18. The molecule has 228 valence electrons. The van der Waals surface area contributed by atoms with Gasteiger partial charge in [0.1, 0.15) is 0 Å². The minimum absolute atomic E-state index is 0.00313. The van der Waals surface area contributed by atoms with Gasteiger partial charge in [0.2, 0.25) is 0 Å². The van der Waals surface area contributed by atoms with Gasteiger partial charge in [-0.2, -0.15) is 0 Å². The van der Waals surface area contributed by atoms with Gasteiger partial charge in [-0.3, -0.25) is 4.98 Å². The normalized spacial score (nSPS) is 12.2. The van der Waals surface area contributed by atoms with Crippen molar-refractivity contribution in [2.75, 3.05) is 5.73 Å². The highest BCUT2D eigenvalue weighted by molar-refractivity contribution is 6.21. The number of pyridine rings is 1. The number of benzene rings is 7. The molecule has 0 saturated carbocycles. The van der Waals surface area contributed by atoms with E-state index in [1.807, 2.05) is 24.4 Å². The highest BCUT2D eigenvalue weighted by Gasteiger charge is 2.20. The topological polar surface area (TPSA) is 38.9 Å². The molecule has 1 aromatic heterocycles. The van der Waals surface area contributed by atoms with Gasteiger partial charge in [0.15, 0.2) is 0 Å². The summed E-state index contributed by atoms with van der Waals surface area (Å²) in [4.78, 5) is 4.38. The molecular formula is C46H34N2. The summed E-state index contributed by atoms with van der Waals surface area (Å²) < 4.78 is 0. The number of hydrogen-bond acceptors (Lipinski definition) is 2. The fraction of sp³-hybridized carbons (Fsp3) is 0.0217. The predicted octanol–water partition coefficient (Wildman–Crippen LogP) is 12.0. The van der Waals surface area contributed by atoms with E-state index in [1.165, 1.54) is 65.7 Å². The molecule has 1 unspecified atom stereocenters. The molecule has 0 spiro atoms. The van der Waals surface area contributed by atoms with Crippen LogP contribution < -0.4 is 5.73 Å². The van der Waals surface area contributed by atoms with Gasteiger partial charge >= 0.3 is 0 Å². The van der Waals surface area contributed by atoms with Gasteiger partial charge in [0.05, 0.1) is 0 Å². The van der Waals surface area contributed by atoms with E-state index in [9.17, 15) is 0 Å². The van der Waals surface area contributed by atoms with Crippen LogP contribution in [0, 0.1) is 0 Å². The van der Waals surface area contributed by atoms with Crippen LogP contribution in [0.2, 0.25) is 0 Å². The average Bonchev–Trinajstić information content (AvgIpc) is 3.14. The van der Waals surface area contributed by atoms with Crippen LogP contribution in [-0.2, 0) is 0 Å². The second kappa shape index (κ2) is 12.5. The van der Waals surface area contributed by atoms with Crippen molar-refractivity contribution in [1.82, 2.24) is 4.98 Å². The minimum atomic E-state index is -0.00313. The molecule has 0 fully saturated rings. The van der Waals surface area contributed by atoms with E-state index in [0.717, 1.165) is 11.1 Å². The molecular weight excluding hydrogens is 581 g/mol. The van der Waals surface area contributed by atoms with E-state index >= 15 is 0 Å². The lowest BCUT2D eigenvalue weighted by atomic mass is 9.83. The van der Waals surface area contributed by atoms with Crippen molar-refractivity contribution in [3.8, 4) is 33.4 Å². The van der Waals surface area contributed by atoms with Crippen LogP contribution >= 0.6 is 0 Å². The maximum absolute atomic E-state index is 6.43. The Hall–Kier alpha value is -6.25. The Morgan fingerprint density at radius 2 is 1.15 bits per heavy atom. The van der Waals surface area contributed by atoms with Crippen molar-refractivity contribution < 1.29 is 0 Å². The fourth-order valence-electron chi connectivity index (χ4n) is 7.18. The first kappa shape index (κ1) is 29.2. The lowest BCUT2D eigenvalue weighted by molar-refractivity contribution is 1.03. The molecule has 2 heteroatoms. The molecule has 7 aromatic carbocycles. The zero-order valence-electron chi connectivity index (χ0n) is 26.6. The predicted molar refractivity (Wildman–Crippen MR) is 205 cm³/mol. The summed E-state index contributed by atoms with van der Waals surface area (Å²) in [5, 5.41) is 7.48. The zero-order chi connectivity index (χ0) is 32.5. The smallest absolute Gasteiger partial charge is 0.0424 e. The first-order valence-electron chi connectivity index (χ1n) is 16.3. The SMILES string of the molecule is C=C/C=C\C(c1ccc(-c2c3ccccc3c(-c3ccc4ccccc4c3)c3ccccc23)cc1)c1ccccc1-c1cnccc1N. The van der Waals surface area contributed by atoms with E-state index in [4.69, 9.17) is 5.73 Å². The van der Waals surface area contributed by atoms with Crippen LogP contribution in [0.3, 0.4) is 0 Å². The van der Waals surface area contributed by atoms with Gasteiger partial charge in [-0.1, -0.05) is 158 Å². The maximum atomic E-state index is 6.43. The third kappa shape index (κ3) is 5.14. The van der Waals surface area contributed by atoms with E-state index in [-0.39, 0.29) is 5.92 Å². The lowest BCUT2D eigenvalue weighted by Crippen LogP contribution is -2.02. The summed E-state index contributed by atoms with van der Waals surface area (Å²) in [5.74, 6) is -0.00313. The number of nitrogens with two attached hydrogens (primary N) is 1. The third-order valence-electron chi connectivity index (χ3n) is 9.41. The highest BCUT2D eigenvalue weighted by Crippen LogP contribution is 2.45. The van der Waals surface area contributed by atoms with Crippen molar-refractivity contribution in [3.63, 3.8) is 0 Å². The lowest BCUT2D eigenvalue weighted by Gasteiger charge is -2.20. The molecule has 1 atom stereocenters. The Balaban J connectivity index is 1.29. The van der Waals surface area contributed by atoms with E-state index in [0.29, 0.717) is 5.69 Å². The molecule has 0 bridgehead atoms. The van der Waals surface area contributed by atoms with E-state index in [2.05, 4.69) is 157 Å². The zero-order valence-corrected chi connectivity index (χ0v) is 26.6. The minimum Gasteiger partial charge on any atom is -0.398 e. The third-order valence-corrected chi connectivity index (χ3v) is 9.41. The van der Waals surface area contributed by atoms with Crippen molar-refractivity contribution in [2.45, 2.75) is 5.92 Å². The Kier molecular flexibility index (Phi) is 7.60. The quantitative estimate of drug-likeness (QED) is 0.143. The Labute approximate surface area is 281 Å². The number of allylic oxidation sites excluding steroid dienone is 3. The number of fused-ring (bicyclic) bond motifs is 3. The summed E-state index contributed by atoms with van der Waals surface area (Å²) in [6.45, 7) is 3.95. The second-order valence-electron chi connectivity index (χ2n) is 12.2. The summed E-state index contributed by atoms with van der Waals surface area (Å²) in [5.41, 5.74) is 16.4. The Bertz CT molecular complexity index is 2430.